The van der Waals surface area contributed by atoms with Crippen molar-refractivity contribution in [1.29, 1.82) is 0 Å². The van der Waals surface area contributed by atoms with Gasteiger partial charge in [-0.1, -0.05) is 158 Å². The van der Waals surface area contributed by atoms with Crippen LogP contribution in [0.4, 0.5) is 14.4 Å². The molecule has 14 amide bonds. The van der Waals surface area contributed by atoms with Crippen molar-refractivity contribution in [3.05, 3.63) is 4.85 Å². The average Bonchev–Trinajstić information content (AvgIpc) is 1.53. The summed E-state index contributed by atoms with van der Waals surface area (Å²) in [6.45, 7) is 40.8. The maximum atomic E-state index is 14.4. The fourth-order valence-corrected chi connectivity index (χ4v) is 20.2. The number of imide groups is 1. The highest BCUT2D eigenvalue weighted by Crippen LogP contribution is 2.67. The molecule has 0 bridgehead atoms. The molecule has 0 aromatic rings. The number of carbonyl (C=O) groups is 16. The van der Waals surface area contributed by atoms with Gasteiger partial charge in [-0.3, -0.25) is 62.4 Å². The minimum atomic E-state index is -1.18. The van der Waals surface area contributed by atoms with E-state index in [0.29, 0.717) is 71.2 Å². The molecule has 13 aliphatic rings. The Balaban J connectivity index is 0.000000206. The molecule has 7 saturated heterocycles. The second kappa shape index (κ2) is 45.5. The molecule has 9 N–H and O–H groups in total. The number of alkyl carbamates (subject to hydrolysis) is 2. The van der Waals surface area contributed by atoms with E-state index in [1.165, 1.54) is 34.5 Å². The number of amides is 14. The van der Waals surface area contributed by atoms with Crippen LogP contribution in [0.5, 0.6) is 0 Å². The number of likely N-dealkylation sites (tertiary alicyclic amines) is 1. The van der Waals surface area contributed by atoms with E-state index < -0.39 is 154 Å². The lowest BCUT2D eigenvalue weighted by Crippen LogP contribution is -2.61. The zero-order chi connectivity index (χ0) is 98.5. The van der Waals surface area contributed by atoms with Gasteiger partial charge < -0.3 is 95.8 Å². The monoisotopic (exact) mass is 1880 g/mol. The van der Waals surface area contributed by atoms with E-state index in [1.54, 1.807) is 46.4 Å². The van der Waals surface area contributed by atoms with Crippen molar-refractivity contribution in [2.24, 2.45) is 62.6 Å². The maximum Gasteiger partial charge on any atom is 0.408 e. The maximum absolute atomic E-state index is 14.4. The molecule has 17 atom stereocenters. The van der Waals surface area contributed by atoms with Crippen molar-refractivity contribution >= 4 is 95.3 Å². The third-order valence-corrected chi connectivity index (χ3v) is 28.9. The van der Waals surface area contributed by atoms with Crippen molar-refractivity contribution in [2.75, 3.05) is 65.8 Å². The number of hydrogen-bond donors (Lipinski definition) is 9. The van der Waals surface area contributed by atoms with Crippen molar-refractivity contribution in [3.8, 4) is 6.57 Å². The molecule has 36 nitrogen and oxygen atoms in total. The molecule has 36 heteroatoms. The fraction of sp³-hybridized carbons (Fsp3) is 0.827. The van der Waals surface area contributed by atoms with Gasteiger partial charge in [0.05, 0.1) is 44.0 Å². The third-order valence-electron chi connectivity index (χ3n) is 28.9. The molecule has 0 aromatic carbocycles. The Bertz CT molecular complexity index is 4250. The normalized spacial score (nSPS) is 30.7. The topological polar surface area (TPSA) is 454 Å². The highest BCUT2D eigenvalue weighted by Gasteiger charge is 2.72. The Morgan fingerprint density at radius 3 is 1.27 bits per heavy atom. The van der Waals surface area contributed by atoms with Gasteiger partial charge in [-0.15, -0.1) is 0 Å². The van der Waals surface area contributed by atoms with Gasteiger partial charge >= 0.3 is 24.2 Å². The first kappa shape index (κ1) is 107. The molecular weight excluding hydrogens is 1730 g/mol. The molecule has 0 radical (unpaired) electrons. The summed E-state index contributed by atoms with van der Waals surface area (Å²) in [5, 5.41) is 25.5. The predicted octanol–water partition coefficient (Wildman–Crippen LogP) is 8.39. The van der Waals surface area contributed by atoms with E-state index in [9.17, 15) is 76.7 Å². The molecule has 7 aliphatic heterocycles. The van der Waals surface area contributed by atoms with Crippen LogP contribution in [-0.4, -0.2) is 277 Å². The molecule has 6 aliphatic carbocycles. The van der Waals surface area contributed by atoms with Gasteiger partial charge in [0, 0.05) is 90.7 Å². The van der Waals surface area contributed by atoms with Crippen LogP contribution in [0.25, 0.3) is 4.85 Å². The van der Waals surface area contributed by atoms with Crippen molar-refractivity contribution in [1.82, 2.24) is 67.5 Å². The number of carbonyl (C=O) groups excluding carboxylic acids is 16. The van der Waals surface area contributed by atoms with Crippen LogP contribution < -0.4 is 47.9 Å². The summed E-state index contributed by atoms with van der Waals surface area (Å²) in [6.07, 6.45) is 18.7. The zero-order valence-corrected chi connectivity index (χ0v) is 82.9. The van der Waals surface area contributed by atoms with Crippen molar-refractivity contribution in [3.63, 3.8) is 0 Å². The number of nitrogens with zero attached hydrogens (tertiary/aromatic N) is 5. The van der Waals surface area contributed by atoms with E-state index in [-0.39, 0.29) is 127 Å². The van der Waals surface area contributed by atoms with Crippen LogP contribution in [0.2, 0.25) is 0 Å². The number of piperidine rings is 4. The Morgan fingerprint density at radius 2 is 0.881 bits per heavy atom. The van der Waals surface area contributed by atoms with Crippen molar-refractivity contribution in [2.45, 2.75) is 387 Å². The summed E-state index contributed by atoms with van der Waals surface area (Å²) in [5.74, 6) is -5.24. The number of aldehydes is 1. The van der Waals surface area contributed by atoms with E-state index in [2.05, 4.69) is 94.2 Å². The van der Waals surface area contributed by atoms with Gasteiger partial charge in [-0.2, -0.15) is 0 Å². The number of urea groups is 1. The Morgan fingerprint density at radius 1 is 0.493 bits per heavy atom. The van der Waals surface area contributed by atoms with Crippen LogP contribution >= 0.6 is 0 Å². The third kappa shape index (κ3) is 29.7. The van der Waals surface area contributed by atoms with Gasteiger partial charge in [0.25, 0.3) is 24.4 Å². The smallest absolute Gasteiger partial charge is 0.408 e. The molecule has 0 spiro atoms. The van der Waals surface area contributed by atoms with Crippen LogP contribution in [0.1, 0.15) is 292 Å². The quantitative estimate of drug-likeness (QED) is 0.0259. The molecule has 1 unspecified atom stereocenters. The largest absolute Gasteiger partial charge is 0.450 e. The first-order valence-electron chi connectivity index (χ1n) is 49.5. The molecule has 13 fully saturated rings. The summed E-state index contributed by atoms with van der Waals surface area (Å²) in [5.41, 5.74) is -2.87. The standard InChI is InChI=1S/C38H60N6O8.C31H50N4O8.C25H41N3O6.C4H6N/c1-36(2,3)26(20-43-27(45)17-37(4,5)18-28(43)46)42-35(51)41-25-21-52-16-12-10-8-9-11-13-24(31(47)33(49)39-22-14-15-22)40-32(48)30-29-23(38(29,6)7)19-44(30)34(25)50;1-18(36)42-25(27(38)32-19-13-14-19)21-12-10-8-7-9-11-15-41-17-22(34-29(40)43-30(2,3)4)28(39)35-16-20-23(31(20,5)6)24(35)26(37)33-21;1-24(2,3)34-23(32)27-18-15-33-12-10-8-6-7-9-11-16(14-29)26-21(30)20-19-17(25(19,4)5)13-28(20)22(18)31;1-5-4-2-3-4/h22-26,29-30H,8-21H2,1-7H3,(H,39,49)(H,40,48)(H2,41,42,51);19-25H,7-17H2,1-6H3,(H,32,38)(H,33,37)(H,34,40);14,16-20H,6-13,15H2,1-5H3,(H,26,30)(H,27,32);1,4H,2-3H2/q;;;+1/t23-,24-,25-,26+,29-,30-;20-,21-,22-,23-,24-,25?;16-,17-,18-,19-,20-;/m000./s1. The summed E-state index contributed by atoms with van der Waals surface area (Å²) < 4.78 is 33.9. The van der Waals surface area contributed by atoms with Gasteiger partial charge in [0.2, 0.25) is 53.0 Å². The van der Waals surface area contributed by atoms with Crippen LogP contribution in [0.3, 0.4) is 0 Å². The van der Waals surface area contributed by atoms with E-state index >= 15 is 0 Å². The highest BCUT2D eigenvalue weighted by atomic mass is 16.6. The first-order valence-corrected chi connectivity index (χ1v) is 49.5. The second-order valence-corrected chi connectivity index (χ2v) is 45.2. The lowest BCUT2D eigenvalue weighted by atomic mass is 9.80. The number of nitrogens with one attached hydrogen (secondary N) is 9. The molecule has 13 rings (SSSR count). The number of Topliss-reactive ketones (excluding diaryl/α,β-unsaturated/α-hetero) is 1. The number of rotatable bonds is 14. The van der Waals surface area contributed by atoms with Crippen LogP contribution in [-0.2, 0) is 90.8 Å². The van der Waals surface area contributed by atoms with E-state index in [1.807, 2.05) is 34.6 Å². The van der Waals surface area contributed by atoms with Gasteiger partial charge in [0.1, 0.15) is 53.7 Å². The highest BCUT2D eigenvalue weighted by molar-refractivity contribution is 6.38. The van der Waals surface area contributed by atoms with Crippen LogP contribution in [0, 0.1) is 69.2 Å². The van der Waals surface area contributed by atoms with Crippen LogP contribution in [0.15, 0.2) is 0 Å². The minimum absolute atomic E-state index is 0.000924. The van der Waals surface area contributed by atoms with E-state index in [0.717, 1.165) is 122 Å². The Hall–Kier alpha value is -9.11. The number of esters is 1. The number of hydrogen-bond acceptors (Lipinski definition) is 22. The number of ketones is 1. The second-order valence-electron chi connectivity index (χ2n) is 45.2. The Kier molecular flexibility index (Phi) is 36.3. The summed E-state index contributed by atoms with van der Waals surface area (Å²) >= 11 is 0. The lowest BCUT2D eigenvalue weighted by Gasteiger charge is -2.40. The lowest BCUT2D eigenvalue weighted by molar-refractivity contribution is -0.157. The molecule has 134 heavy (non-hydrogen) atoms. The molecular formula is C98H157N14O22+. The zero-order valence-electron chi connectivity index (χ0n) is 82.9. The fourth-order valence-electron chi connectivity index (χ4n) is 20.2. The molecule has 6 saturated carbocycles. The average molecular weight is 1880 g/mol. The van der Waals surface area contributed by atoms with E-state index in [4.69, 9.17) is 35.0 Å². The molecule has 0 aromatic heterocycles. The first-order chi connectivity index (χ1) is 62.9. The summed E-state index contributed by atoms with van der Waals surface area (Å²) in [6, 6.07) is -8.51. The van der Waals surface area contributed by atoms with Gasteiger partial charge in [-0.25, -0.2) is 14.4 Å². The van der Waals surface area contributed by atoms with Gasteiger partial charge in [0.15, 0.2) is 6.10 Å². The number of ether oxygens (including phenoxy) is 6. The number of fused-ring (bicyclic) bond motifs is 9. The molecule has 750 valence electrons. The van der Waals surface area contributed by atoms with Crippen molar-refractivity contribution < 1.29 is 105 Å². The minimum Gasteiger partial charge on any atom is -0.450 e. The summed E-state index contributed by atoms with van der Waals surface area (Å²) in [7, 11) is 0. The van der Waals surface area contributed by atoms with Gasteiger partial charge in [-0.05, 0) is 168 Å². The SMILES string of the molecule is C#[N+]C1CC1.CC(=O)OC(C(=O)NC1CC1)[C@@H]1CCCCCCCOC[C@H](NC(=O)OC(C)(C)C)C(=O)N2C[C@H]3[C@@H]([C@H]2C(=O)N1)C3(C)C.CC(C)(C)OC(=O)N[C@H]1COCCCCCCC[C@@H](C=O)NC(=O)[C@@H]2[C@@H]3[C@H](CN2C1=O)C3(C)C.CC1(C)CC(=O)N(C[C@@H](NC(=O)N[C@H]2COCCCCCCC[C@@H](C(=O)C(=O)NC3CC3)NC(=O)[C@@H]3[C@@H]4[C@H](CN3C2=O)C4(C)C)C(C)(C)C)C(=O)C1. The summed E-state index contributed by atoms with van der Waals surface area (Å²) in [4.78, 5) is 221. The Labute approximate surface area is 791 Å². The predicted molar refractivity (Wildman–Crippen MR) is 495 cm³/mol. The molecule has 7 heterocycles.